The molecule has 1 aromatic rings. The highest BCUT2D eigenvalue weighted by Gasteiger charge is 2.32. The van der Waals surface area contributed by atoms with E-state index in [9.17, 15) is 18.0 Å². The third kappa shape index (κ3) is 3.23. The van der Waals surface area contributed by atoms with Gasteiger partial charge in [0.05, 0.1) is 6.54 Å². The summed E-state index contributed by atoms with van der Waals surface area (Å²) in [5.41, 5.74) is 0.234. The number of aromatic nitrogens is 1. The number of nitrogens with zero attached hydrogens (tertiary/aromatic N) is 2. The fourth-order valence-electron chi connectivity index (χ4n) is 1.92. The monoisotopic (exact) mass is 273 g/mol. The Hall–Kier alpha value is -1.63. The van der Waals surface area contributed by atoms with Crippen LogP contribution in [0.5, 0.6) is 0 Å². The predicted molar refractivity (Wildman–Crippen MR) is 62.3 cm³/mol. The summed E-state index contributed by atoms with van der Waals surface area (Å²) in [6, 6.07) is 1.02. The number of carbonyl (C=O) groups excluding carboxylic acids is 1. The van der Waals surface area contributed by atoms with E-state index in [4.69, 9.17) is 0 Å². The molecular weight excluding hydrogens is 259 g/mol. The van der Waals surface area contributed by atoms with Crippen molar-refractivity contribution in [3.8, 4) is 0 Å². The maximum Gasteiger partial charge on any atom is 0.433 e. The van der Waals surface area contributed by atoms with E-state index in [0.29, 0.717) is 30.8 Å². The lowest BCUT2D eigenvalue weighted by atomic mass is 10.1. The highest BCUT2D eigenvalue weighted by Crippen LogP contribution is 2.28. The normalized spacial score (nSPS) is 16.8. The Balaban J connectivity index is 2.15. The Morgan fingerprint density at radius 3 is 2.79 bits per heavy atom. The van der Waals surface area contributed by atoms with E-state index in [1.54, 1.807) is 11.8 Å². The summed E-state index contributed by atoms with van der Waals surface area (Å²) < 4.78 is 37.5. The minimum absolute atomic E-state index is 0.0504. The number of halogens is 3. The third-order valence-electron chi connectivity index (χ3n) is 3.06. The molecule has 0 aliphatic carbocycles. The SMILES string of the molecule is Cc1cc(C(F)(F)F)ncc1CN1CCNCC1=O. The van der Waals surface area contributed by atoms with E-state index >= 15 is 0 Å². The first kappa shape index (κ1) is 13.8. The molecule has 1 aliphatic heterocycles. The lowest BCUT2D eigenvalue weighted by Crippen LogP contribution is -2.47. The van der Waals surface area contributed by atoms with Gasteiger partial charge in [0.25, 0.3) is 0 Å². The number of piperazine rings is 1. The van der Waals surface area contributed by atoms with Crippen molar-refractivity contribution in [1.29, 1.82) is 0 Å². The highest BCUT2D eigenvalue weighted by molar-refractivity contribution is 5.79. The predicted octanol–water partition coefficient (Wildman–Crippen LogP) is 1.34. The van der Waals surface area contributed by atoms with Gasteiger partial charge in [-0.15, -0.1) is 0 Å². The summed E-state index contributed by atoms with van der Waals surface area (Å²) in [6.45, 7) is 3.42. The first-order chi connectivity index (χ1) is 8.88. The molecule has 1 aliphatic rings. The van der Waals surface area contributed by atoms with Crippen LogP contribution in [0.15, 0.2) is 12.3 Å². The molecule has 0 unspecified atom stereocenters. The molecule has 1 N–H and O–H groups in total. The zero-order chi connectivity index (χ0) is 14.0. The number of aryl methyl sites for hydroxylation is 1. The maximum atomic E-state index is 12.5. The molecule has 2 rings (SSSR count). The number of hydrogen-bond acceptors (Lipinski definition) is 3. The number of nitrogens with one attached hydrogen (secondary N) is 1. The molecule has 2 heterocycles. The number of rotatable bonds is 2. The Morgan fingerprint density at radius 2 is 2.21 bits per heavy atom. The number of carbonyl (C=O) groups is 1. The molecule has 1 saturated heterocycles. The van der Waals surface area contributed by atoms with Crippen molar-refractivity contribution in [2.24, 2.45) is 0 Å². The smallest absolute Gasteiger partial charge is 0.336 e. The standard InChI is InChI=1S/C12H14F3N3O/c1-8-4-10(12(13,14)15)17-5-9(8)7-18-3-2-16-6-11(18)19/h4-5,16H,2-3,6-7H2,1H3. The van der Waals surface area contributed by atoms with E-state index in [2.05, 4.69) is 10.3 Å². The van der Waals surface area contributed by atoms with Crippen LogP contribution in [0.1, 0.15) is 16.8 Å². The molecular formula is C12H14F3N3O. The minimum atomic E-state index is -4.44. The quantitative estimate of drug-likeness (QED) is 0.884. The second kappa shape index (κ2) is 5.16. The van der Waals surface area contributed by atoms with Gasteiger partial charge in [0.2, 0.25) is 5.91 Å². The van der Waals surface area contributed by atoms with Crippen LogP contribution in [0.2, 0.25) is 0 Å². The number of pyridine rings is 1. The van der Waals surface area contributed by atoms with Crippen LogP contribution in [0.25, 0.3) is 0 Å². The van der Waals surface area contributed by atoms with Gasteiger partial charge in [0.15, 0.2) is 0 Å². The van der Waals surface area contributed by atoms with Gasteiger partial charge in [-0.05, 0) is 24.1 Å². The van der Waals surface area contributed by atoms with Gasteiger partial charge in [0.1, 0.15) is 5.69 Å². The second-order valence-corrected chi connectivity index (χ2v) is 4.49. The van der Waals surface area contributed by atoms with Crippen molar-refractivity contribution in [2.75, 3.05) is 19.6 Å². The summed E-state index contributed by atoms with van der Waals surface area (Å²) in [4.78, 5) is 16.6. The molecule has 104 valence electrons. The molecule has 0 spiro atoms. The van der Waals surface area contributed by atoms with Crippen LogP contribution in [0.4, 0.5) is 13.2 Å². The van der Waals surface area contributed by atoms with Crippen molar-refractivity contribution in [3.05, 3.63) is 29.1 Å². The van der Waals surface area contributed by atoms with Crippen LogP contribution < -0.4 is 5.32 Å². The van der Waals surface area contributed by atoms with Gasteiger partial charge >= 0.3 is 6.18 Å². The van der Waals surface area contributed by atoms with Crippen LogP contribution in [-0.4, -0.2) is 35.4 Å². The highest BCUT2D eigenvalue weighted by atomic mass is 19.4. The van der Waals surface area contributed by atoms with Gasteiger partial charge in [-0.3, -0.25) is 9.78 Å². The van der Waals surface area contributed by atoms with Crippen molar-refractivity contribution in [3.63, 3.8) is 0 Å². The van der Waals surface area contributed by atoms with E-state index in [1.807, 2.05) is 0 Å². The fourth-order valence-corrected chi connectivity index (χ4v) is 1.92. The summed E-state index contributed by atoms with van der Waals surface area (Å²) >= 11 is 0. The Bertz CT molecular complexity index is 488. The molecule has 1 aromatic heterocycles. The van der Waals surface area contributed by atoms with Crippen molar-refractivity contribution in [2.45, 2.75) is 19.6 Å². The van der Waals surface area contributed by atoms with Gasteiger partial charge in [-0.2, -0.15) is 13.2 Å². The number of hydrogen-bond donors (Lipinski definition) is 1. The largest absolute Gasteiger partial charge is 0.433 e. The van der Waals surface area contributed by atoms with E-state index in [-0.39, 0.29) is 12.5 Å². The third-order valence-corrected chi connectivity index (χ3v) is 3.06. The van der Waals surface area contributed by atoms with Crippen LogP contribution >= 0.6 is 0 Å². The lowest BCUT2D eigenvalue weighted by Gasteiger charge is -2.27. The second-order valence-electron chi connectivity index (χ2n) is 4.49. The summed E-state index contributed by atoms with van der Waals surface area (Å²) in [5, 5.41) is 2.94. The average molecular weight is 273 g/mol. The van der Waals surface area contributed by atoms with E-state index in [1.165, 1.54) is 6.20 Å². The summed E-state index contributed by atoms with van der Waals surface area (Å²) in [5.74, 6) is -0.0504. The molecule has 19 heavy (non-hydrogen) atoms. The first-order valence-electron chi connectivity index (χ1n) is 5.89. The molecule has 4 nitrogen and oxygen atoms in total. The van der Waals surface area contributed by atoms with Crippen LogP contribution in [0, 0.1) is 6.92 Å². The number of alkyl halides is 3. The van der Waals surface area contributed by atoms with Crippen LogP contribution in [-0.2, 0) is 17.5 Å². The van der Waals surface area contributed by atoms with E-state index in [0.717, 1.165) is 6.07 Å². The Kier molecular flexibility index (Phi) is 3.75. The molecule has 0 bridgehead atoms. The van der Waals surface area contributed by atoms with E-state index < -0.39 is 11.9 Å². The van der Waals surface area contributed by atoms with Crippen molar-refractivity contribution < 1.29 is 18.0 Å². The fraction of sp³-hybridized carbons (Fsp3) is 0.500. The van der Waals surface area contributed by atoms with Crippen LogP contribution in [0.3, 0.4) is 0 Å². The lowest BCUT2D eigenvalue weighted by molar-refractivity contribution is -0.141. The molecule has 7 heteroatoms. The van der Waals surface area contributed by atoms with Gasteiger partial charge in [-0.25, -0.2) is 0 Å². The molecule has 1 fully saturated rings. The first-order valence-corrected chi connectivity index (χ1v) is 5.89. The summed E-state index contributed by atoms with van der Waals surface area (Å²) in [7, 11) is 0. The Morgan fingerprint density at radius 1 is 1.47 bits per heavy atom. The summed E-state index contributed by atoms with van der Waals surface area (Å²) in [6.07, 6.45) is -3.23. The zero-order valence-electron chi connectivity index (χ0n) is 10.4. The zero-order valence-corrected chi connectivity index (χ0v) is 10.4. The average Bonchev–Trinajstić information content (AvgIpc) is 2.33. The van der Waals surface area contributed by atoms with Gasteiger partial charge in [-0.1, -0.05) is 0 Å². The Labute approximate surface area is 108 Å². The molecule has 0 atom stereocenters. The van der Waals surface area contributed by atoms with Crippen molar-refractivity contribution >= 4 is 5.91 Å². The molecule has 0 radical (unpaired) electrons. The topological polar surface area (TPSA) is 45.2 Å². The van der Waals surface area contributed by atoms with Gasteiger partial charge < -0.3 is 10.2 Å². The molecule has 0 saturated carbocycles. The number of amides is 1. The van der Waals surface area contributed by atoms with Crippen molar-refractivity contribution in [1.82, 2.24) is 15.2 Å². The molecule has 0 aromatic carbocycles. The minimum Gasteiger partial charge on any atom is -0.336 e. The van der Waals surface area contributed by atoms with Gasteiger partial charge in [0, 0.05) is 25.8 Å². The maximum absolute atomic E-state index is 12.5. The molecule has 1 amide bonds.